The maximum atomic E-state index is 10.5. The summed E-state index contributed by atoms with van der Waals surface area (Å²) in [5.74, 6) is 0. The normalized spacial score (nSPS) is 12.8. The van der Waals surface area contributed by atoms with Crippen LogP contribution >= 0.6 is 11.3 Å². The van der Waals surface area contributed by atoms with Gasteiger partial charge in [0.25, 0.3) is 0 Å². The van der Waals surface area contributed by atoms with Crippen molar-refractivity contribution in [2.24, 2.45) is 0 Å². The third-order valence-corrected chi connectivity index (χ3v) is 4.61. The van der Waals surface area contributed by atoms with Crippen molar-refractivity contribution >= 4 is 21.4 Å². The summed E-state index contributed by atoms with van der Waals surface area (Å²) in [6.45, 7) is 3.92. The number of aliphatic hydroxyl groups is 1. The molecule has 0 amide bonds. The van der Waals surface area contributed by atoms with Gasteiger partial charge in [-0.15, -0.1) is 11.3 Å². The van der Waals surface area contributed by atoms with E-state index in [9.17, 15) is 5.11 Å². The summed E-state index contributed by atoms with van der Waals surface area (Å²) in [4.78, 5) is 4.43. The predicted molar refractivity (Wildman–Crippen MR) is 84.2 cm³/mol. The van der Waals surface area contributed by atoms with Crippen LogP contribution in [0.1, 0.15) is 28.6 Å². The number of hydrogen-bond acceptors (Lipinski definition) is 3. The second-order valence-corrected chi connectivity index (χ2v) is 6.02. The van der Waals surface area contributed by atoms with Crippen LogP contribution in [-0.2, 0) is 6.42 Å². The molecule has 3 heteroatoms. The molecular weight excluding hydrogens is 266 g/mol. The molecule has 0 saturated heterocycles. The van der Waals surface area contributed by atoms with Gasteiger partial charge in [0, 0.05) is 28.1 Å². The van der Waals surface area contributed by atoms with Crippen molar-refractivity contribution in [3.63, 3.8) is 0 Å². The molecule has 1 aromatic carbocycles. The van der Waals surface area contributed by atoms with E-state index in [0.29, 0.717) is 6.42 Å². The summed E-state index contributed by atoms with van der Waals surface area (Å²) in [6.07, 6.45) is 0.136. The molecule has 0 radical (unpaired) electrons. The van der Waals surface area contributed by atoms with Crippen LogP contribution in [0, 0.1) is 13.8 Å². The first-order chi connectivity index (χ1) is 9.65. The van der Waals surface area contributed by atoms with Gasteiger partial charge in [0.2, 0.25) is 0 Å². The minimum Gasteiger partial charge on any atom is -0.388 e. The summed E-state index contributed by atoms with van der Waals surface area (Å²) < 4.78 is 1.27. The summed E-state index contributed by atoms with van der Waals surface area (Å²) in [5, 5.41) is 13.9. The highest BCUT2D eigenvalue weighted by molar-refractivity contribution is 7.17. The van der Waals surface area contributed by atoms with Crippen molar-refractivity contribution in [2.45, 2.75) is 26.4 Å². The van der Waals surface area contributed by atoms with Gasteiger partial charge in [-0.3, -0.25) is 4.98 Å². The number of fused-ring (bicyclic) bond motifs is 1. The number of nitrogens with zero attached hydrogens (tertiary/aromatic N) is 1. The Bertz CT molecular complexity index is 748. The van der Waals surface area contributed by atoms with Crippen LogP contribution in [-0.4, -0.2) is 10.1 Å². The molecule has 2 heterocycles. The SMILES string of the molecule is Cc1ccc(C(O)Cc2csc3ccccc23)c(C)n1. The lowest BCUT2D eigenvalue weighted by Crippen LogP contribution is -2.05. The zero-order valence-corrected chi connectivity index (χ0v) is 12.4. The van der Waals surface area contributed by atoms with E-state index in [-0.39, 0.29) is 0 Å². The largest absolute Gasteiger partial charge is 0.388 e. The third-order valence-electron chi connectivity index (χ3n) is 3.60. The molecule has 1 atom stereocenters. The van der Waals surface area contributed by atoms with Gasteiger partial charge < -0.3 is 5.11 Å². The molecule has 0 spiro atoms. The van der Waals surface area contributed by atoms with Crippen LogP contribution in [0.4, 0.5) is 0 Å². The molecule has 0 bridgehead atoms. The molecule has 102 valence electrons. The smallest absolute Gasteiger partial charge is 0.0848 e. The molecular formula is C17H17NOS. The topological polar surface area (TPSA) is 33.1 Å². The van der Waals surface area contributed by atoms with E-state index in [0.717, 1.165) is 17.0 Å². The quantitative estimate of drug-likeness (QED) is 0.782. The Morgan fingerprint density at radius 3 is 2.75 bits per heavy atom. The standard InChI is InChI=1S/C17H17NOS/c1-11-7-8-14(12(2)18-11)16(19)9-13-10-20-17-6-4-3-5-15(13)17/h3-8,10,16,19H,9H2,1-2H3. The molecule has 0 aliphatic rings. The minimum absolute atomic E-state index is 0.499. The van der Waals surface area contributed by atoms with Gasteiger partial charge in [-0.2, -0.15) is 0 Å². The van der Waals surface area contributed by atoms with Crippen LogP contribution in [0.5, 0.6) is 0 Å². The van der Waals surface area contributed by atoms with Crippen molar-refractivity contribution in [3.8, 4) is 0 Å². The van der Waals surface area contributed by atoms with Gasteiger partial charge in [-0.25, -0.2) is 0 Å². The summed E-state index contributed by atoms with van der Waals surface area (Å²) in [7, 11) is 0. The van der Waals surface area contributed by atoms with E-state index in [4.69, 9.17) is 0 Å². The maximum absolute atomic E-state index is 10.5. The number of hydrogen-bond donors (Lipinski definition) is 1. The highest BCUT2D eigenvalue weighted by Crippen LogP contribution is 2.30. The Labute approximate surface area is 122 Å². The Morgan fingerprint density at radius 2 is 1.95 bits per heavy atom. The van der Waals surface area contributed by atoms with Gasteiger partial charge >= 0.3 is 0 Å². The zero-order chi connectivity index (χ0) is 14.1. The molecule has 3 rings (SSSR count). The first kappa shape index (κ1) is 13.3. The van der Waals surface area contributed by atoms with Crippen LogP contribution in [0.2, 0.25) is 0 Å². The van der Waals surface area contributed by atoms with Gasteiger partial charge in [0.1, 0.15) is 0 Å². The van der Waals surface area contributed by atoms with E-state index in [1.54, 1.807) is 11.3 Å². The number of aromatic nitrogens is 1. The van der Waals surface area contributed by atoms with Gasteiger partial charge in [0.15, 0.2) is 0 Å². The molecule has 0 saturated carbocycles. The molecule has 1 N–H and O–H groups in total. The monoisotopic (exact) mass is 283 g/mol. The average Bonchev–Trinajstić information content (AvgIpc) is 2.82. The second-order valence-electron chi connectivity index (χ2n) is 5.10. The zero-order valence-electron chi connectivity index (χ0n) is 11.6. The summed E-state index contributed by atoms with van der Waals surface area (Å²) >= 11 is 1.73. The van der Waals surface area contributed by atoms with Crippen molar-refractivity contribution in [1.82, 2.24) is 4.98 Å². The molecule has 20 heavy (non-hydrogen) atoms. The van der Waals surface area contributed by atoms with Crippen LogP contribution in [0.25, 0.3) is 10.1 Å². The van der Waals surface area contributed by atoms with E-state index in [2.05, 4.69) is 22.5 Å². The predicted octanol–water partition coefficient (Wildman–Crippen LogP) is 4.19. The van der Waals surface area contributed by atoms with Crippen molar-refractivity contribution in [1.29, 1.82) is 0 Å². The molecule has 2 aromatic heterocycles. The molecule has 0 fully saturated rings. The lowest BCUT2D eigenvalue weighted by atomic mass is 10.00. The molecule has 2 nitrogen and oxygen atoms in total. The van der Waals surface area contributed by atoms with Gasteiger partial charge in [0.05, 0.1) is 6.10 Å². The van der Waals surface area contributed by atoms with Crippen molar-refractivity contribution < 1.29 is 5.11 Å². The van der Waals surface area contributed by atoms with Crippen molar-refractivity contribution in [2.75, 3.05) is 0 Å². The maximum Gasteiger partial charge on any atom is 0.0848 e. The van der Waals surface area contributed by atoms with Crippen LogP contribution in [0.3, 0.4) is 0 Å². The van der Waals surface area contributed by atoms with Crippen molar-refractivity contribution in [3.05, 3.63) is 64.3 Å². The van der Waals surface area contributed by atoms with Crippen LogP contribution < -0.4 is 0 Å². The number of thiophene rings is 1. The fraction of sp³-hybridized carbons (Fsp3) is 0.235. The molecule has 3 aromatic rings. The number of benzene rings is 1. The number of aliphatic hydroxyl groups excluding tert-OH is 1. The first-order valence-electron chi connectivity index (χ1n) is 6.72. The Balaban J connectivity index is 1.90. The lowest BCUT2D eigenvalue weighted by molar-refractivity contribution is 0.177. The highest BCUT2D eigenvalue weighted by atomic mass is 32.1. The third kappa shape index (κ3) is 2.47. The molecule has 0 aliphatic carbocycles. The summed E-state index contributed by atoms with van der Waals surface area (Å²) in [6, 6.07) is 12.3. The molecule has 1 unspecified atom stereocenters. The van der Waals surface area contributed by atoms with Crippen LogP contribution in [0.15, 0.2) is 41.8 Å². The summed E-state index contributed by atoms with van der Waals surface area (Å²) in [5.41, 5.74) is 4.03. The Hall–Kier alpha value is -1.71. The number of rotatable bonds is 3. The van der Waals surface area contributed by atoms with Gasteiger partial charge in [-0.05, 0) is 42.3 Å². The number of pyridine rings is 1. The average molecular weight is 283 g/mol. The second kappa shape index (κ2) is 5.35. The first-order valence-corrected chi connectivity index (χ1v) is 7.60. The van der Waals surface area contributed by atoms with E-state index in [1.807, 2.05) is 38.1 Å². The molecule has 0 aliphatic heterocycles. The fourth-order valence-electron chi connectivity index (χ4n) is 2.56. The number of aryl methyl sites for hydroxylation is 2. The van der Waals surface area contributed by atoms with E-state index < -0.39 is 6.10 Å². The Morgan fingerprint density at radius 1 is 1.15 bits per heavy atom. The fourth-order valence-corrected chi connectivity index (χ4v) is 3.53. The van der Waals surface area contributed by atoms with Gasteiger partial charge in [-0.1, -0.05) is 24.3 Å². The lowest BCUT2D eigenvalue weighted by Gasteiger charge is -2.13. The van der Waals surface area contributed by atoms with E-state index in [1.165, 1.54) is 15.6 Å². The van der Waals surface area contributed by atoms with E-state index >= 15 is 0 Å². The Kier molecular flexibility index (Phi) is 3.55. The minimum atomic E-state index is -0.499. The highest BCUT2D eigenvalue weighted by Gasteiger charge is 2.14.